The summed E-state index contributed by atoms with van der Waals surface area (Å²) in [6, 6.07) is 0. The van der Waals surface area contributed by atoms with Crippen molar-refractivity contribution in [2.45, 2.75) is 37.9 Å². The maximum atomic E-state index is 11.7. The van der Waals surface area contributed by atoms with Crippen LogP contribution in [0.4, 0.5) is 0 Å². The molecule has 5 nitrogen and oxygen atoms in total. The Hall–Kier alpha value is -0.650. The Morgan fingerprint density at radius 2 is 2.12 bits per heavy atom. The molecule has 0 atom stereocenters. The molecular formula is C12H22N2O3. The summed E-state index contributed by atoms with van der Waals surface area (Å²) in [4.78, 5) is 13.4. The lowest BCUT2D eigenvalue weighted by Gasteiger charge is -2.44. The normalized spacial score (nSPS) is 24.5. The van der Waals surface area contributed by atoms with Crippen LogP contribution in [0.2, 0.25) is 0 Å². The Kier molecular flexibility index (Phi) is 4.01. The van der Waals surface area contributed by atoms with E-state index in [0.717, 1.165) is 25.9 Å². The number of β-amino-alcohol motifs (C(OH)–C–C–N with tert-alkyl or cyclic N) is 1. The van der Waals surface area contributed by atoms with Crippen LogP contribution < -0.4 is 5.32 Å². The molecule has 2 N–H and O–H groups in total. The predicted molar refractivity (Wildman–Crippen MR) is 63.7 cm³/mol. The average molecular weight is 242 g/mol. The van der Waals surface area contributed by atoms with Gasteiger partial charge in [-0.2, -0.15) is 0 Å². The van der Waals surface area contributed by atoms with Crippen LogP contribution in [0.3, 0.4) is 0 Å². The van der Waals surface area contributed by atoms with Gasteiger partial charge in [0.1, 0.15) is 0 Å². The van der Waals surface area contributed by atoms with Crippen LogP contribution >= 0.6 is 0 Å². The first kappa shape index (κ1) is 12.8. The third kappa shape index (κ3) is 3.66. The summed E-state index contributed by atoms with van der Waals surface area (Å²) in [5.41, 5.74) is -0.675. The molecule has 0 spiro atoms. The molecule has 0 aliphatic carbocycles. The number of carbonyl (C=O) groups excluding carboxylic acids is 1. The second-order valence-electron chi connectivity index (χ2n) is 5.32. The lowest BCUT2D eigenvalue weighted by atomic mass is 9.97. The van der Waals surface area contributed by atoms with Crippen LogP contribution in [-0.2, 0) is 9.53 Å². The smallest absolute Gasteiger partial charge is 0.225 e. The lowest BCUT2D eigenvalue weighted by Crippen LogP contribution is -2.61. The summed E-state index contributed by atoms with van der Waals surface area (Å²) in [6.45, 7) is 5.18. The van der Waals surface area contributed by atoms with E-state index in [0.29, 0.717) is 32.2 Å². The van der Waals surface area contributed by atoms with Crippen molar-refractivity contribution in [3.63, 3.8) is 0 Å². The van der Waals surface area contributed by atoms with Crippen LogP contribution in [0.5, 0.6) is 0 Å². The van der Waals surface area contributed by atoms with E-state index in [4.69, 9.17) is 4.74 Å². The van der Waals surface area contributed by atoms with Crippen molar-refractivity contribution in [1.82, 2.24) is 10.2 Å². The van der Waals surface area contributed by atoms with Gasteiger partial charge in [-0.15, -0.1) is 0 Å². The highest BCUT2D eigenvalue weighted by Crippen LogP contribution is 2.20. The van der Waals surface area contributed by atoms with E-state index in [1.54, 1.807) is 11.8 Å². The first-order valence-corrected chi connectivity index (χ1v) is 6.39. The molecule has 2 aliphatic rings. The van der Waals surface area contributed by atoms with Gasteiger partial charge in [-0.05, 0) is 32.9 Å². The fourth-order valence-electron chi connectivity index (χ4n) is 2.39. The van der Waals surface area contributed by atoms with E-state index in [1.807, 2.05) is 0 Å². The van der Waals surface area contributed by atoms with Gasteiger partial charge in [-0.25, -0.2) is 0 Å². The topological polar surface area (TPSA) is 61.8 Å². The fraction of sp³-hybridized carbons (Fsp3) is 0.917. The molecule has 2 heterocycles. The average Bonchev–Trinajstić information content (AvgIpc) is 2.27. The van der Waals surface area contributed by atoms with Crippen LogP contribution in [0, 0.1) is 0 Å². The minimum Gasteiger partial charge on any atom is -0.386 e. The summed E-state index contributed by atoms with van der Waals surface area (Å²) in [5.74, 6) is 0.0884. The van der Waals surface area contributed by atoms with Crippen molar-refractivity contribution in [2.24, 2.45) is 0 Å². The fourth-order valence-corrected chi connectivity index (χ4v) is 2.39. The molecule has 17 heavy (non-hydrogen) atoms. The Morgan fingerprint density at radius 1 is 1.47 bits per heavy atom. The summed E-state index contributed by atoms with van der Waals surface area (Å²) in [6.07, 6.45) is 2.81. The van der Waals surface area contributed by atoms with Crippen molar-refractivity contribution >= 4 is 5.91 Å². The van der Waals surface area contributed by atoms with E-state index in [9.17, 15) is 9.90 Å². The van der Waals surface area contributed by atoms with Gasteiger partial charge in [0.25, 0.3) is 0 Å². The second-order valence-corrected chi connectivity index (χ2v) is 5.32. The Balaban J connectivity index is 1.57. The van der Waals surface area contributed by atoms with Crippen LogP contribution in [0.25, 0.3) is 0 Å². The van der Waals surface area contributed by atoms with E-state index >= 15 is 0 Å². The molecule has 0 aromatic heterocycles. The van der Waals surface area contributed by atoms with Gasteiger partial charge in [0.2, 0.25) is 5.91 Å². The molecule has 0 radical (unpaired) electrons. The zero-order valence-electron chi connectivity index (χ0n) is 10.4. The number of nitrogens with zero attached hydrogens (tertiary/aromatic N) is 1. The predicted octanol–water partition coefficient (Wildman–Crippen LogP) is -0.262. The number of carbonyl (C=O) groups is 1. The zero-order valence-corrected chi connectivity index (χ0v) is 10.4. The number of nitrogens with one attached hydrogen (secondary N) is 1. The number of hydrogen-bond acceptors (Lipinski definition) is 4. The monoisotopic (exact) mass is 242 g/mol. The SMILES string of the molecule is CC1(O)CN(C(=O)CCOC2CCNCC2)C1. The number of piperidine rings is 1. The zero-order chi connectivity index (χ0) is 12.3. The van der Waals surface area contributed by atoms with Gasteiger partial charge < -0.3 is 20.1 Å². The molecule has 0 saturated carbocycles. The highest BCUT2D eigenvalue weighted by Gasteiger charge is 2.38. The minimum absolute atomic E-state index is 0.0884. The van der Waals surface area contributed by atoms with Gasteiger partial charge in [-0.3, -0.25) is 4.79 Å². The molecule has 5 heteroatoms. The maximum absolute atomic E-state index is 11.7. The Bertz CT molecular complexity index is 267. The van der Waals surface area contributed by atoms with Crippen LogP contribution in [0.15, 0.2) is 0 Å². The quantitative estimate of drug-likeness (QED) is 0.713. The molecule has 0 unspecified atom stereocenters. The van der Waals surface area contributed by atoms with Crippen molar-refractivity contribution in [3.05, 3.63) is 0 Å². The third-order valence-corrected chi connectivity index (χ3v) is 3.37. The van der Waals surface area contributed by atoms with Crippen LogP contribution in [-0.4, -0.2) is 60.4 Å². The third-order valence-electron chi connectivity index (χ3n) is 3.37. The van der Waals surface area contributed by atoms with E-state index < -0.39 is 5.60 Å². The highest BCUT2D eigenvalue weighted by atomic mass is 16.5. The summed E-state index contributed by atoms with van der Waals surface area (Å²) < 4.78 is 5.67. The van der Waals surface area contributed by atoms with Crippen molar-refractivity contribution in [2.75, 3.05) is 32.8 Å². The highest BCUT2D eigenvalue weighted by molar-refractivity contribution is 5.77. The first-order chi connectivity index (χ1) is 8.07. The number of aliphatic hydroxyl groups is 1. The molecule has 0 aromatic carbocycles. The summed E-state index contributed by atoms with van der Waals surface area (Å²) in [5, 5.41) is 12.8. The van der Waals surface area contributed by atoms with Crippen molar-refractivity contribution in [1.29, 1.82) is 0 Å². The molecule has 2 saturated heterocycles. The van der Waals surface area contributed by atoms with Gasteiger partial charge in [0.05, 0.1) is 37.8 Å². The molecular weight excluding hydrogens is 220 g/mol. The van der Waals surface area contributed by atoms with E-state index in [1.165, 1.54) is 0 Å². The molecule has 2 fully saturated rings. The van der Waals surface area contributed by atoms with Gasteiger partial charge >= 0.3 is 0 Å². The van der Waals surface area contributed by atoms with Crippen molar-refractivity contribution in [3.8, 4) is 0 Å². The first-order valence-electron chi connectivity index (χ1n) is 6.39. The largest absolute Gasteiger partial charge is 0.386 e. The van der Waals surface area contributed by atoms with E-state index in [2.05, 4.69) is 5.32 Å². The number of amides is 1. The Morgan fingerprint density at radius 3 is 2.71 bits per heavy atom. The van der Waals surface area contributed by atoms with Crippen LogP contribution in [0.1, 0.15) is 26.2 Å². The van der Waals surface area contributed by atoms with Gasteiger partial charge in [-0.1, -0.05) is 0 Å². The number of rotatable bonds is 4. The Labute approximate surface area is 102 Å². The van der Waals surface area contributed by atoms with E-state index in [-0.39, 0.29) is 5.91 Å². The summed E-state index contributed by atoms with van der Waals surface area (Å²) in [7, 11) is 0. The number of likely N-dealkylation sites (tertiary alicyclic amines) is 1. The maximum Gasteiger partial charge on any atom is 0.225 e. The molecule has 0 bridgehead atoms. The molecule has 0 aromatic rings. The van der Waals surface area contributed by atoms with Gasteiger partial charge in [0.15, 0.2) is 0 Å². The molecule has 2 aliphatic heterocycles. The summed E-state index contributed by atoms with van der Waals surface area (Å²) >= 11 is 0. The van der Waals surface area contributed by atoms with Crippen molar-refractivity contribution < 1.29 is 14.6 Å². The minimum atomic E-state index is -0.675. The lowest BCUT2D eigenvalue weighted by molar-refractivity contribution is -0.153. The molecule has 1 amide bonds. The van der Waals surface area contributed by atoms with Gasteiger partial charge in [0, 0.05) is 0 Å². The molecule has 2 rings (SSSR count). The standard InChI is InChI=1S/C12H22N2O3/c1-12(16)8-14(9-12)11(15)4-7-17-10-2-5-13-6-3-10/h10,13,16H,2-9H2,1H3. The molecule has 98 valence electrons. The second kappa shape index (κ2) is 5.33. The number of ether oxygens (including phenoxy) is 1. The number of hydrogen-bond donors (Lipinski definition) is 2.